The highest BCUT2D eigenvalue weighted by Crippen LogP contribution is 2.42. The van der Waals surface area contributed by atoms with E-state index in [0.29, 0.717) is 22.3 Å². The third kappa shape index (κ3) is 3.02. The van der Waals surface area contributed by atoms with Crippen LogP contribution in [0, 0.1) is 0 Å². The number of benzene rings is 2. The number of phenols is 1. The van der Waals surface area contributed by atoms with E-state index < -0.39 is 11.6 Å². The van der Waals surface area contributed by atoms with Crippen LogP contribution in [-0.2, 0) is 4.79 Å². The van der Waals surface area contributed by atoms with Crippen molar-refractivity contribution in [2.24, 2.45) is 0 Å². The fourth-order valence-corrected chi connectivity index (χ4v) is 1.96. The Balaban J connectivity index is 2.69. The van der Waals surface area contributed by atoms with Crippen LogP contribution >= 0.6 is 0 Å². The molecule has 2 rings (SSSR count). The van der Waals surface area contributed by atoms with E-state index in [-0.39, 0.29) is 5.75 Å². The monoisotopic (exact) mass is 274 g/mol. The zero-order valence-corrected chi connectivity index (χ0v) is 12.1. The average molecular weight is 274 g/mol. The lowest BCUT2D eigenvalue weighted by molar-refractivity contribution is -0.132. The molecule has 106 valence electrons. The number of carbonyl (C=O) groups is 1. The van der Waals surface area contributed by atoms with Crippen molar-refractivity contribution in [1.82, 2.24) is 0 Å². The van der Waals surface area contributed by atoms with Crippen LogP contribution in [0.4, 0.5) is 0 Å². The van der Waals surface area contributed by atoms with Gasteiger partial charge in [-0.25, -0.2) is 0 Å². The molecule has 1 N–H and O–H groups in total. The van der Waals surface area contributed by atoms with Gasteiger partial charge in [0.1, 0.15) is 11.4 Å². The molecule has 0 saturated carbocycles. The summed E-state index contributed by atoms with van der Waals surface area (Å²) in [5, 5.41) is 11.3. The summed E-state index contributed by atoms with van der Waals surface area (Å²) in [6.07, 6.45) is 0. The maximum absolute atomic E-state index is 11.3. The standard InChI is InChI=1S/C16H18O4/c1-10(17)19-15-12-8-6-5-7-11(12)13(18)9-14(15)20-16(2,3)4/h5-9,18H,1-4H3. The second-order valence-electron chi connectivity index (χ2n) is 5.58. The molecule has 0 radical (unpaired) electrons. The summed E-state index contributed by atoms with van der Waals surface area (Å²) in [6.45, 7) is 6.99. The molecule has 0 saturated heterocycles. The quantitative estimate of drug-likeness (QED) is 0.671. The van der Waals surface area contributed by atoms with E-state index in [2.05, 4.69) is 0 Å². The summed E-state index contributed by atoms with van der Waals surface area (Å²) >= 11 is 0. The third-order valence-corrected chi connectivity index (χ3v) is 2.60. The molecule has 0 unspecified atom stereocenters. The zero-order valence-electron chi connectivity index (χ0n) is 12.1. The smallest absolute Gasteiger partial charge is 0.308 e. The molecule has 0 aliphatic heterocycles. The third-order valence-electron chi connectivity index (χ3n) is 2.60. The number of phenolic OH excluding ortho intramolecular Hbond substituents is 1. The number of esters is 1. The van der Waals surface area contributed by atoms with Crippen LogP contribution < -0.4 is 9.47 Å². The molecule has 0 fully saturated rings. The Morgan fingerprint density at radius 1 is 1.15 bits per heavy atom. The molecule has 2 aromatic rings. The van der Waals surface area contributed by atoms with Gasteiger partial charge >= 0.3 is 5.97 Å². The fourth-order valence-electron chi connectivity index (χ4n) is 1.96. The molecule has 20 heavy (non-hydrogen) atoms. The van der Waals surface area contributed by atoms with E-state index in [1.165, 1.54) is 13.0 Å². The zero-order chi connectivity index (χ0) is 14.9. The van der Waals surface area contributed by atoms with Crippen molar-refractivity contribution in [3.8, 4) is 17.2 Å². The molecule has 0 bridgehead atoms. The molecule has 0 aromatic heterocycles. The first-order valence-corrected chi connectivity index (χ1v) is 6.40. The van der Waals surface area contributed by atoms with Gasteiger partial charge < -0.3 is 14.6 Å². The number of ether oxygens (including phenoxy) is 2. The number of hydrogen-bond acceptors (Lipinski definition) is 4. The van der Waals surface area contributed by atoms with Crippen molar-refractivity contribution in [2.45, 2.75) is 33.3 Å². The van der Waals surface area contributed by atoms with Crippen LogP contribution in [0.5, 0.6) is 17.2 Å². The number of fused-ring (bicyclic) bond motifs is 1. The van der Waals surface area contributed by atoms with Crippen molar-refractivity contribution in [1.29, 1.82) is 0 Å². The van der Waals surface area contributed by atoms with Gasteiger partial charge in [-0.2, -0.15) is 0 Å². The predicted octanol–water partition coefficient (Wildman–Crippen LogP) is 3.65. The van der Waals surface area contributed by atoms with Crippen molar-refractivity contribution in [3.05, 3.63) is 30.3 Å². The summed E-state index contributed by atoms with van der Waals surface area (Å²) in [7, 11) is 0. The highest BCUT2D eigenvalue weighted by Gasteiger charge is 2.20. The molecule has 0 aliphatic carbocycles. The Morgan fingerprint density at radius 3 is 2.30 bits per heavy atom. The summed E-state index contributed by atoms with van der Waals surface area (Å²) in [6, 6.07) is 8.65. The summed E-state index contributed by atoms with van der Waals surface area (Å²) in [4.78, 5) is 11.3. The lowest BCUT2D eigenvalue weighted by atomic mass is 10.1. The van der Waals surface area contributed by atoms with Crippen molar-refractivity contribution >= 4 is 16.7 Å². The van der Waals surface area contributed by atoms with Crippen LogP contribution in [-0.4, -0.2) is 16.7 Å². The molecular formula is C16H18O4. The SMILES string of the molecule is CC(=O)Oc1c(OC(C)(C)C)cc(O)c2ccccc12. The summed E-state index contributed by atoms with van der Waals surface area (Å²) in [5.74, 6) is 0.347. The van der Waals surface area contributed by atoms with Gasteiger partial charge in [-0.15, -0.1) is 0 Å². The molecule has 0 amide bonds. The van der Waals surface area contributed by atoms with Crippen molar-refractivity contribution in [3.63, 3.8) is 0 Å². The van der Waals surface area contributed by atoms with E-state index >= 15 is 0 Å². The average Bonchev–Trinajstić information content (AvgIpc) is 2.32. The lowest BCUT2D eigenvalue weighted by Gasteiger charge is -2.23. The van der Waals surface area contributed by atoms with Gasteiger partial charge in [0.05, 0.1) is 0 Å². The highest BCUT2D eigenvalue weighted by molar-refractivity contribution is 5.96. The van der Waals surface area contributed by atoms with Crippen LogP contribution in [0.1, 0.15) is 27.7 Å². The molecule has 4 nitrogen and oxygen atoms in total. The number of rotatable bonds is 2. The Morgan fingerprint density at radius 2 is 1.75 bits per heavy atom. The van der Waals surface area contributed by atoms with Gasteiger partial charge in [0.2, 0.25) is 0 Å². The summed E-state index contributed by atoms with van der Waals surface area (Å²) < 4.78 is 11.1. The molecule has 0 spiro atoms. The van der Waals surface area contributed by atoms with Gasteiger partial charge in [-0.1, -0.05) is 24.3 Å². The lowest BCUT2D eigenvalue weighted by Crippen LogP contribution is -2.23. The first-order chi connectivity index (χ1) is 9.28. The van der Waals surface area contributed by atoms with Gasteiger partial charge in [0, 0.05) is 23.8 Å². The van der Waals surface area contributed by atoms with Crippen LogP contribution in [0.2, 0.25) is 0 Å². The van der Waals surface area contributed by atoms with E-state index in [1.54, 1.807) is 12.1 Å². The number of aromatic hydroxyl groups is 1. The fraction of sp³-hybridized carbons (Fsp3) is 0.312. The molecule has 0 aliphatic rings. The number of hydrogen-bond donors (Lipinski definition) is 1. The Bertz CT molecular complexity index is 653. The molecular weight excluding hydrogens is 256 g/mol. The Labute approximate surface area is 117 Å². The van der Waals surface area contributed by atoms with Crippen LogP contribution in [0.3, 0.4) is 0 Å². The summed E-state index contributed by atoms with van der Waals surface area (Å²) in [5.41, 5.74) is -0.468. The first kappa shape index (κ1) is 14.2. The van der Waals surface area contributed by atoms with E-state index in [1.807, 2.05) is 32.9 Å². The highest BCUT2D eigenvalue weighted by atomic mass is 16.6. The second kappa shape index (κ2) is 5.04. The van der Waals surface area contributed by atoms with E-state index in [4.69, 9.17) is 9.47 Å². The molecule has 2 aromatic carbocycles. The van der Waals surface area contributed by atoms with Gasteiger partial charge in [0.25, 0.3) is 0 Å². The maximum atomic E-state index is 11.3. The molecule has 4 heteroatoms. The van der Waals surface area contributed by atoms with Gasteiger partial charge in [0.15, 0.2) is 11.5 Å². The minimum absolute atomic E-state index is 0.0933. The second-order valence-corrected chi connectivity index (χ2v) is 5.58. The van der Waals surface area contributed by atoms with Gasteiger partial charge in [-0.3, -0.25) is 4.79 Å². The Kier molecular flexibility index (Phi) is 3.57. The van der Waals surface area contributed by atoms with Gasteiger partial charge in [-0.05, 0) is 20.8 Å². The van der Waals surface area contributed by atoms with E-state index in [9.17, 15) is 9.90 Å². The topological polar surface area (TPSA) is 55.8 Å². The molecule has 0 atom stereocenters. The largest absolute Gasteiger partial charge is 0.507 e. The van der Waals surface area contributed by atoms with Crippen LogP contribution in [0.25, 0.3) is 10.8 Å². The van der Waals surface area contributed by atoms with Crippen molar-refractivity contribution in [2.75, 3.05) is 0 Å². The van der Waals surface area contributed by atoms with Crippen LogP contribution in [0.15, 0.2) is 30.3 Å². The normalized spacial score (nSPS) is 11.4. The Hall–Kier alpha value is -2.23. The minimum Gasteiger partial charge on any atom is -0.507 e. The first-order valence-electron chi connectivity index (χ1n) is 6.40. The minimum atomic E-state index is -0.468. The predicted molar refractivity (Wildman–Crippen MR) is 77.3 cm³/mol. The maximum Gasteiger partial charge on any atom is 0.308 e. The molecule has 0 heterocycles. The number of carbonyl (C=O) groups excluding carboxylic acids is 1. The van der Waals surface area contributed by atoms with Crippen molar-refractivity contribution < 1.29 is 19.4 Å². The van der Waals surface area contributed by atoms with E-state index in [0.717, 1.165) is 0 Å².